The summed E-state index contributed by atoms with van der Waals surface area (Å²) in [7, 11) is 0. The van der Waals surface area contributed by atoms with Crippen molar-refractivity contribution in [1.29, 1.82) is 0 Å². The van der Waals surface area contributed by atoms with Crippen LogP contribution in [0.2, 0.25) is 0 Å². The van der Waals surface area contributed by atoms with E-state index < -0.39 is 10.7 Å². The van der Waals surface area contributed by atoms with Gasteiger partial charge in [0.1, 0.15) is 17.6 Å². The number of halogens is 1. The Kier molecular flexibility index (Phi) is 2.81. The Balaban J connectivity index is 2.42. The maximum atomic E-state index is 13.6. The minimum absolute atomic E-state index is 0.0531. The molecule has 0 amide bonds. The number of benzene rings is 1. The molecule has 0 saturated carbocycles. The molecule has 5 nitrogen and oxygen atoms in total. The molecule has 1 heterocycles. The van der Waals surface area contributed by atoms with E-state index in [0.29, 0.717) is 5.70 Å². The van der Waals surface area contributed by atoms with Crippen LogP contribution in [-0.2, 0) is 4.84 Å². The Morgan fingerprint density at radius 1 is 1.53 bits per heavy atom. The molecule has 0 saturated heterocycles. The predicted molar refractivity (Wildman–Crippen MR) is 59.8 cm³/mol. The maximum Gasteiger partial charge on any atom is 0.271 e. The molecule has 6 heteroatoms. The van der Waals surface area contributed by atoms with E-state index in [1.165, 1.54) is 5.06 Å². The van der Waals surface area contributed by atoms with Crippen LogP contribution < -0.4 is 5.06 Å². The highest BCUT2D eigenvalue weighted by molar-refractivity contribution is 5.56. The molecule has 0 fully saturated rings. The summed E-state index contributed by atoms with van der Waals surface area (Å²) in [6.07, 6.45) is 1.63. The van der Waals surface area contributed by atoms with Gasteiger partial charge in [-0.05, 0) is 26.0 Å². The first-order chi connectivity index (χ1) is 7.99. The zero-order valence-electron chi connectivity index (χ0n) is 9.38. The second kappa shape index (κ2) is 4.14. The molecule has 17 heavy (non-hydrogen) atoms. The number of nitrogens with zero attached hydrogens (tertiary/aromatic N) is 2. The van der Waals surface area contributed by atoms with Gasteiger partial charge < -0.3 is 0 Å². The number of rotatable bonds is 2. The quantitative estimate of drug-likeness (QED) is 0.587. The maximum absolute atomic E-state index is 13.6. The molecule has 0 radical (unpaired) electrons. The van der Waals surface area contributed by atoms with Crippen LogP contribution in [0.1, 0.15) is 13.8 Å². The highest BCUT2D eigenvalue weighted by atomic mass is 19.1. The molecule has 0 aromatic heterocycles. The molecule has 1 unspecified atom stereocenters. The lowest BCUT2D eigenvalue weighted by Crippen LogP contribution is -2.19. The zero-order chi connectivity index (χ0) is 12.6. The third-order valence-corrected chi connectivity index (χ3v) is 2.43. The molecule has 1 aliphatic heterocycles. The first-order valence-corrected chi connectivity index (χ1v) is 5.08. The van der Waals surface area contributed by atoms with E-state index in [9.17, 15) is 14.5 Å². The van der Waals surface area contributed by atoms with Crippen molar-refractivity contribution < 1.29 is 14.2 Å². The number of nitro benzene ring substituents is 1. The summed E-state index contributed by atoms with van der Waals surface area (Å²) in [6, 6.07) is 3.34. The monoisotopic (exact) mass is 238 g/mol. The lowest BCUT2D eigenvalue weighted by Gasteiger charge is -2.20. The molecule has 0 N–H and O–H groups in total. The van der Waals surface area contributed by atoms with Crippen LogP contribution in [0, 0.1) is 15.9 Å². The second-order valence-corrected chi connectivity index (χ2v) is 3.81. The summed E-state index contributed by atoms with van der Waals surface area (Å²) < 4.78 is 13.6. The van der Waals surface area contributed by atoms with Crippen LogP contribution in [0.15, 0.2) is 30.0 Å². The smallest absolute Gasteiger partial charge is 0.262 e. The van der Waals surface area contributed by atoms with Crippen molar-refractivity contribution >= 4 is 11.4 Å². The van der Waals surface area contributed by atoms with Crippen molar-refractivity contribution in [2.24, 2.45) is 0 Å². The van der Waals surface area contributed by atoms with Gasteiger partial charge in [-0.15, -0.1) is 0 Å². The minimum Gasteiger partial charge on any atom is -0.262 e. The summed E-state index contributed by atoms with van der Waals surface area (Å²) in [5.41, 5.74) is 0.589. The Labute approximate surface area is 97.2 Å². The Bertz CT molecular complexity index is 501. The van der Waals surface area contributed by atoms with Crippen molar-refractivity contribution in [3.8, 4) is 0 Å². The van der Waals surface area contributed by atoms with Crippen LogP contribution in [-0.4, -0.2) is 11.0 Å². The van der Waals surface area contributed by atoms with Gasteiger partial charge in [0.05, 0.1) is 4.92 Å². The molecule has 1 aliphatic rings. The van der Waals surface area contributed by atoms with Crippen molar-refractivity contribution in [2.45, 2.75) is 20.0 Å². The Morgan fingerprint density at radius 2 is 2.24 bits per heavy atom. The van der Waals surface area contributed by atoms with Crippen molar-refractivity contribution in [2.75, 3.05) is 5.06 Å². The molecule has 2 rings (SSSR count). The lowest BCUT2D eigenvalue weighted by molar-refractivity contribution is -0.384. The summed E-state index contributed by atoms with van der Waals surface area (Å²) in [5.74, 6) is -0.558. The predicted octanol–water partition coefficient (Wildman–Crippen LogP) is 2.78. The molecule has 0 spiro atoms. The van der Waals surface area contributed by atoms with Gasteiger partial charge in [-0.25, -0.2) is 9.45 Å². The number of hydrogen-bond donors (Lipinski definition) is 0. The SMILES string of the molecule is CC1=CC(C)ON1c1cc([N+](=O)[O-])ccc1F. The lowest BCUT2D eigenvalue weighted by atomic mass is 10.2. The molecular weight excluding hydrogens is 227 g/mol. The average Bonchev–Trinajstić information content (AvgIpc) is 2.58. The van der Waals surface area contributed by atoms with Crippen LogP contribution in [0.3, 0.4) is 0 Å². The van der Waals surface area contributed by atoms with Gasteiger partial charge in [0.25, 0.3) is 5.69 Å². The van der Waals surface area contributed by atoms with E-state index in [1.54, 1.807) is 19.9 Å². The Morgan fingerprint density at radius 3 is 2.76 bits per heavy atom. The van der Waals surface area contributed by atoms with Crippen molar-refractivity contribution in [3.63, 3.8) is 0 Å². The fourth-order valence-electron chi connectivity index (χ4n) is 1.70. The summed E-state index contributed by atoms with van der Waals surface area (Å²) in [4.78, 5) is 15.4. The van der Waals surface area contributed by atoms with Gasteiger partial charge in [-0.2, -0.15) is 0 Å². The molecule has 1 atom stereocenters. The number of hydroxylamine groups is 1. The number of non-ortho nitro benzene ring substituents is 1. The number of allylic oxidation sites excluding steroid dienone is 1. The number of anilines is 1. The number of nitro groups is 1. The molecule has 0 aliphatic carbocycles. The highest BCUT2D eigenvalue weighted by Crippen LogP contribution is 2.31. The van der Waals surface area contributed by atoms with Gasteiger partial charge in [0.15, 0.2) is 0 Å². The van der Waals surface area contributed by atoms with Crippen molar-refractivity contribution in [1.82, 2.24) is 0 Å². The van der Waals surface area contributed by atoms with Crippen LogP contribution in [0.5, 0.6) is 0 Å². The molecule has 1 aromatic rings. The summed E-state index contributed by atoms with van der Waals surface area (Å²) in [5, 5.41) is 11.9. The summed E-state index contributed by atoms with van der Waals surface area (Å²) >= 11 is 0. The molecular formula is C11H11FN2O3. The molecule has 90 valence electrons. The minimum atomic E-state index is -0.568. The van der Waals surface area contributed by atoms with Gasteiger partial charge >= 0.3 is 0 Å². The van der Waals surface area contributed by atoms with E-state index >= 15 is 0 Å². The van der Waals surface area contributed by atoms with Gasteiger partial charge in [-0.1, -0.05) is 0 Å². The standard InChI is InChI=1S/C11H11FN2O3/c1-7-5-8(2)17-13(7)11-6-9(14(15)16)3-4-10(11)12/h3-6,8H,1-2H3. The van der Waals surface area contributed by atoms with E-state index in [4.69, 9.17) is 4.84 Å². The van der Waals surface area contributed by atoms with Gasteiger partial charge in [0, 0.05) is 17.8 Å². The second-order valence-electron chi connectivity index (χ2n) is 3.81. The third-order valence-electron chi connectivity index (χ3n) is 2.43. The molecule has 1 aromatic carbocycles. The first-order valence-electron chi connectivity index (χ1n) is 5.08. The Hall–Kier alpha value is -1.95. The summed E-state index contributed by atoms with van der Waals surface area (Å²) in [6.45, 7) is 3.56. The average molecular weight is 238 g/mol. The van der Waals surface area contributed by atoms with Crippen LogP contribution in [0.25, 0.3) is 0 Å². The number of hydrogen-bond acceptors (Lipinski definition) is 4. The van der Waals surface area contributed by atoms with E-state index in [-0.39, 0.29) is 17.5 Å². The van der Waals surface area contributed by atoms with E-state index in [0.717, 1.165) is 18.2 Å². The first kappa shape index (κ1) is 11.5. The van der Waals surface area contributed by atoms with Gasteiger partial charge in [0.2, 0.25) is 0 Å². The van der Waals surface area contributed by atoms with Crippen LogP contribution >= 0.6 is 0 Å². The zero-order valence-corrected chi connectivity index (χ0v) is 9.38. The van der Waals surface area contributed by atoms with Crippen LogP contribution in [0.4, 0.5) is 15.8 Å². The highest BCUT2D eigenvalue weighted by Gasteiger charge is 2.24. The largest absolute Gasteiger partial charge is 0.271 e. The molecule has 0 bridgehead atoms. The normalized spacial score (nSPS) is 19.4. The fraction of sp³-hybridized carbons (Fsp3) is 0.273. The third kappa shape index (κ3) is 2.12. The van der Waals surface area contributed by atoms with E-state index in [2.05, 4.69) is 0 Å². The van der Waals surface area contributed by atoms with E-state index in [1.807, 2.05) is 0 Å². The van der Waals surface area contributed by atoms with Gasteiger partial charge in [-0.3, -0.25) is 15.0 Å². The topological polar surface area (TPSA) is 55.6 Å². The fourth-order valence-corrected chi connectivity index (χ4v) is 1.70. The van der Waals surface area contributed by atoms with Crippen molar-refractivity contribution in [3.05, 3.63) is 45.9 Å².